The van der Waals surface area contributed by atoms with Gasteiger partial charge < -0.3 is 19.1 Å². The van der Waals surface area contributed by atoms with Crippen LogP contribution in [0.5, 0.6) is 0 Å². The number of nitrogens with zero attached hydrogens (tertiary/aromatic N) is 1. The van der Waals surface area contributed by atoms with Crippen LogP contribution in [0.2, 0.25) is 0 Å². The lowest BCUT2D eigenvalue weighted by atomic mass is 9.72. The first kappa shape index (κ1) is 20.6. The normalized spacial score (nSPS) is 25.9. The fourth-order valence-corrected chi connectivity index (χ4v) is 4.71. The summed E-state index contributed by atoms with van der Waals surface area (Å²) in [4.78, 5) is 15.5. The van der Waals surface area contributed by atoms with Gasteiger partial charge in [-0.2, -0.15) is 13.2 Å². The summed E-state index contributed by atoms with van der Waals surface area (Å²) < 4.78 is 56.6. The lowest BCUT2D eigenvalue weighted by molar-refractivity contribution is -0.149. The minimum atomic E-state index is -4.45. The maximum atomic E-state index is 13.7. The summed E-state index contributed by atoms with van der Waals surface area (Å²) >= 11 is 0. The van der Waals surface area contributed by atoms with Crippen molar-refractivity contribution in [2.45, 2.75) is 43.6 Å². The van der Waals surface area contributed by atoms with Crippen LogP contribution in [0.15, 0.2) is 24.3 Å². The average molecular weight is 413 g/mol. The monoisotopic (exact) mass is 413 g/mol. The summed E-state index contributed by atoms with van der Waals surface area (Å²) in [6, 6.07) is 5.21. The number of rotatable bonds is 3. The van der Waals surface area contributed by atoms with Gasteiger partial charge >= 0.3 is 6.18 Å². The minimum absolute atomic E-state index is 0.0913. The Balaban J connectivity index is 1.61. The van der Waals surface area contributed by atoms with Gasteiger partial charge in [0.2, 0.25) is 5.91 Å². The Morgan fingerprint density at radius 1 is 1.10 bits per heavy atom. The van der Waals surface area contributed by atoms with Crippen molar-refractivity contribution in [1.29, 1.82) is 0 Å². The molecule has 3 heterocycles. The van der Waals surface area contributed by atoms with Gasteiger partial charge in [0.05, 0.1) is 24.2 Å². The molecule has 8 heteroatoms. The van der Waals surface area contributed by atoms with Crippen molar-refractivity contribution in [2.75, 3.05) is 39.5 Å². The number of piperidine rings is 1. The lowest BCUT2D eigenvalue weighted by Gasteiger charge is -2.43. The second-order valence-electron chi connectivity index (χ2n) is 8.04. The van der Waals surface area contributed by atoms with Crippen molar-refractivity contribution >= 4 is 5.91 Å². The largest absolute Gasteiger partial charge is 0.416 e. The van der Waals surface area contributed by atoms with Crippen molar-refractivity contribution in [3.05, 3.63) is 35.4 Å². The van der Waals surface area contributed by atoms with Crippen LogP contribution >= 0.6 is 0 Å². The molecule has 0 N–H and O–H groups in total. The molecule has 1 amide bonds. The third kappa shape index (κ3) is 4.15. The van der Waals surface area contributed by atoms with Crippen LogP contribution in [-0.2, 0) is 30.6 Å². The Bertz CT molecular complexity index is 727. The van der Waals surface area contributed by atoms with E-state index in [1.54, 1.807) is 11.0 Å². The number of alkyl halides is 3. The van der Waals surface area contributed by atoms with Crippen LogP contribution in [0.1, 0.15) is 36.8 Å². The number of likely N-dealkylation sites (tertiary alicyclic amines) is 1. The van der Waals surface area contributed by atoms with E-state index in [0.717, 1.165) is 25.0 Å². The summed E-state index contributed by atoms with van der Waals surface area (Å²) in [6.07, 6.45) is -2.25. The van der Waals surface area contributed by atoms with Gasteiger partial charge in [0.15, 0.2) is 6.29 Å². The van der Waals surface area contributed by atoms with Gasteiger partial charge in [-0.1, -0.05) is 18.2 Å². The molecule has 1 atom stereocenters. The molecule has 29 heavy (non-hydrogen) atoms. The van der Waals surface area contributed by atoms with E-state index in [1.165, 1.54) is 6.07 Å². The molecule has 0 radical (unpaired) electrons. The van der Waals surface area contributed by atoms with Crippen LogP contribution in [-0.4, -0.2) is 56.6 Å². The van der Waals surface area contributed by atoms with Gasteiger partial charge in [0, 0.05) is 32.2 Å². The van der Waals surface area contributed by atoms with Crippen LogP contribution < -0.4 is 0 Å². The van der Waals surface area contributed by atoms with Crippen LogP contribution in [0.3, 0.4) is 0 Å². The van der Waals surface area contributed by atoms with Gasteiger partial charge in [-0.25, -0.2) is 0 Å². The van der Waals surface area contributed by atoms with Crippen molar-refractivity contribution in [3.63, 3.8) is 0 Å². The summed E-state index contributed by atoms with van der Waals surface area (Å²) in [5.74, 6) is -0.0172. The summed E-state index contributed by atoms with van der Waals surface area (Å²) in [5, 5.41) is 0. The Labute approximate surface area is 168 Å². The van der Waals surface area contributed by atoms with Crippen LogP contribution in [0.4, 0.5) is 13.2 Å². The van der Waals surface area contributed by atoms with Crippen molar-refractivity contribution < 1.29 is 32.2 Å². The van der Waals surface area contributed by atoms with E-state index in [-0.39, 0.29) is 18.1 Å². The molecular formula is C21H26F3NO4. The van der Waals surface area contributed by atoms with E-state index >= 15 is 0 Å². The number of hydrogen-bond donors (Lipinski definition) is 0. The first-order valence-electron chi connectivity index (χ1n) is 10.2. The Morgan fingerprint density at radius 2 is 1.83 bits per heavy atom. The molecule has 0 aromatic heterocycles. The number of carbonyl (C=O) groups is 1. The van der Waals surface area contributed by atoms with Gasteiger partial charge in [-0.05, 0) is 37.3 Å². The van der Waals surface area contributed by atoms with E-state index in [4.69, 9.17) is 14.2 Å². The first-order valence-corrected chi connectivity index (χ1v) is 10.2. The summed E-state index contributed by atoms with van der Waals surface area (Å²) in [6.45, 7) is 2.93. The third-order valence-electron chi connectivity index (χ3n) is 6.28. The van der Waals surface area contributed by atoms with Crippen molar-refractivity contribution in [2.24, 2.45) is 5.92 Å². The van der Waals surface area contributed by atoms with Crippen LogP contribution in [0.25, 0.3) is 0 Å². The topological polar surface area (TPSA) is 48.0 Å². The standard InChI is InChI=1S/C21H26F3NO4/c22-21(23,24)17-5-1-4-16(13-17)20(6-9-27-10-7-20)19(26)25-8-2-3-15(14-25)18-28-11-12-29-18/h1,4-5,13,15,18H,2-3,6-12,14H2. The maximum Gasteiger partial charge on any atom is 0.416 e. The highest BCUT2D eigenvalue weighted by Crippen LogP contribution is 2.40. The SMILES string of the molecule is O=C(N1CCCC(C2OCCO2)C1)C1(c2cccc(C(F)(F)F)c2)CCOCC1. The predicted molar refractivity (Wildman–Crippen MR) is 98.2 cm³/mol. The highest BCUT2D eigenvalue weighted by molar-refractivity contribution is 5.88. The van der Waals surface area contributed by atoms with Gasteiger partial charge in [-0.15, -0.1) is 0 Å². The molecule has 3 fully saturated rings. The molecular weight excluding hydrogens is 387 g/mol. The zero-order chi connectivity index (χ0) is 20.5. The van der Waals surface area contributed by atoms with E-state index in [2.05, 4.69) is 0 Å². The fraction of sp³-hybridized carbons (Fsp3) is 0.667. The lowest BCUT2D eigenvalue weighted by Crippen LogP contribution is -2.53. The number of hydrogen-bond acceptors (Lipinski definition) is 4. The fourth-order valence-electron chi connectivity index (χ4n) is 4.71. The van der Waals surface area contributed by atoms with E-state index in [9.17, 15) is 18.0 Å². The molecule has 0 saturated carbocycles. The zero-order valence-electron chi connectivity index (χ0n) is 16.2. The molecule has 5 nitrogen and oxygen atoms in total. The van der Waals surface area contributed by atoms with Gasteiger partial charge in [0.1, 0.15) is 0 Å². The summed E-state index contributed by atoms with van der Waals surface area (Å²) in [5.41, 5.74) is -1.28. The molecule has 4 rings (SSSR count). The van der Waals surface area contributed by atoms with E-state index < -0.39 is 17.2 Å². The first-order chi connectivity index (χ1) is 13.9. The Morgan fingerprint density at radius 3 is 2.52 bits per heavy atom. The Hall–Kier alpha value is -1.64. The third-order valence-corrected chi connectivity index (χ3v) is 6.28. The second-order valence-corrected chi connectivity index (χ2v) is 8.04. The minimum Gasteiger partial charge on any atom is -0.381 e. The molecule has 3 saturated heterocycles. The molecule has 160 valence electrons. The average Bonchev–Trinajstić information content (AvgIpc) is 3.28. The van der Waals surface area contributed by atoms with E-state index in [0.29, 0.717) is 57.9 Å². The summed E-state index contributed by atoms with van der Waals surface area (Å²) in [7, 11) is 0. The zero-order valence-corrected chi connectivity index (χ0v) is 16.2. The molecule has 0 aliphatic carbocycles. The highest BCUT2D eigenvalue weighted by Gasteiger charge is 2.46. The number of amides is 1. The molecule has 3 aliphatic heterocycles. The highest BCUT2D eigenvalue weighted by atomic mass is 19.4. The molecule has 1 unspecified atom stereocenters. The molecule has 0 spiro atoms. The Kier molecular flexibility index (Phi) is 5.86. The number of carbonyl (C=O) groups excluding carboxylic acids is 1. The van der Waals surface area contributed by atoms with E-state index in [1.807, 2.05) is 0 Å². The second kappa shape index (κ2) is 8.24. The van der Waals surface area contributed by atoms with Crippen molar-refractivity contribution in [1.82, 2.24) is 4.90 Å². The number of benzene rings is 1. The molecule has 1 aromatic rings. The smallest absolute Gasteiger partial charge is 0.381 e. The van der Waals surface area contributed by atoms with Gasteiger partial charge in [0.25, 0.3) is 0 Å². The van der Waals surface area contributed by atoms with Crippen LogP contribution in [0, 0.1) is 5.92 Å². The predicted octanol–water partition coefficient (Wildman–Crippen LogP) is 3.37. The van der Waals surface area contributed by atoms with Crippen molar-refractivity contribution in [3.8, 4) is 0 Å². The quantitative estimate of drug-likeness (QED) is 0.763. The van der Waals surface area contributed by atoms with Gasteiger partial charge in [-0.3, -0.25) is 4.79 Å². The number of halogens is 3. The maximum absolute atomic E-state index is 13.7. The molecule has 0 bridgehead atoms. The number of ether oxygens (including phenoxy) is 3. The molecule has 3 aliphatic rings. The molecule has 1 aromatic carbocycles.